The number of carbonyl (C=O) groups excluding carboxylic acids is 1. The second-order valence-electron chi connectivity index (χ2n) is 7.38. The SMILES string of the molecule is CC(C)(C)OC(=O)N1[C@H](C(=O)O)C[C@@]2(Cn3cc(I)cn3)C[C@@H]12. The molecule has 0 aromatic carbocycles. The van der Waals surface area contributed by atoms with Gasteiger partial charge in [-0.1, -0.05) is 0 Å². The Morgan fingerprint density at radius 1 is 1.48 bits per heavy atom. The van der Waals surface area contributed by atoms with Crippen molar-refractivity contribution < 1.29 is 19.4 Å². The first-order chi connectivity index (χ1) is 10.6. The lowest BCUT2D eigenvalue weighted by molar-refractivity contribution is -0.142. The van der Waals surface area contributed by atoms with Gasteiger partial charge in [0.05, 0.1) is 9.77 Å². The van der Waals surface area contributed by atoms with Crippen LogP contribution in [0.3, 0.4) is 0 Å². The minimum absolute atomic E-state index is 0.0830. The maximum Gasteiger partial charge on any atom is 0.411 e. The highest BCUT2D eigenvalue weighted by Crippen LogP contribution is 2.60. The van der Waals surface area contributed by atoms with E-state index in [-0.39, 0.29) is 11.5 Å². The van der Waals surface area contributed by atoms with Crippen molar-refractivity contribution in [2.24, 2.45) is 5.41 Å². The predicted octanol–water partition coefficient (Wildman–Crippen LogP) is 2.34. The minimum Gasteiger partial charge on any atom is -0.480 e. The van der Waals surface area contributed by atoms with Crippen LogP contribution in [-0.2, 0) is 16.1 Å². The summed E-state index contributed by atoms with van der Waals surface area (Å²) in [5.41, 5.74) is -0.840. The van der Waals surface area contributed by atoms with Crippen LogP contribution < -0.4 is 0 Å². The van der Waals surface area contributed by atoms with E-state index in [1.54, 1.807) is 27.0 Å². The van der Waals surface area contributed by atoms with Gasteiger partial charge >= 0.3 is 12.1 Å². The van der Waals surface area contributed by atoms with Gasteiger partial charge < -0.3 is 9.84 Å². The van der Waals surface area contributed by atoms with E-state index < -0.39 is 23.7 Å². The number of nitrogens with zero attached hydrogens (tertiary/aromatic N) is 3. The molecule has 0 unspecified atom stereocenters. The third kappa shape index (κ3) is 3.17. The number of hydrogen-bond acceptors (Lipinski definition) is 4. The fourth-order valence-electron chi connectivity index (χ4n) is 3.40. The smallest absolute Gasteiger partial charge is 0.411 e. The Hall–Kier alpha value is -1.32. The molecule has 1 aliphatic carbocycles. The highest BCUT2D eigenvalue weighted by atomic mass is 127. The van der Waals surface area contributed by atoms with E-state index in [1.165, 1.54) is 4.90 Å². The molecule has 1 amide bonds. The topological polar surface area (TPSA) is 84.7 Å². The predicted molar refractivity (Wildman–Crippen MR) is 89.9 cm³/mol. The Morgan fingerprint density at radius 2 is 2.17 bits per heavy atom. The van der Waals surface area contributed by atoms with Gasteiger partial charge in [0, 0.05) is 24.2 Å². The molecule has 2 aliphatic rings. The molecule has 0 radical (unpaired) electrons. The molecular formula is C15H20IN3O4. The molecule has 23 heavy (non-hydrogen) atoms. The van der Waals surface area contributed by atoms with Gasteiger partial charge in [0.1, 0.15) is 11.6 Å². The van der Waals surface area contributed by atoms with Crippen molar-refractivity contribution in [3.63, 3.8) is 0 Å². The molecule has 1 aromatic heterocycles. The number of aliphatic carboxylic acids is 1. The van der Waals surface area contributed by atoms with Gasteiger partial charge in [-0.3, -0.25) is 9.58 Å². The van der Waals surface area contributed by atoms with Crippen LogP contribution in [0.5, 0.6) is 0 Å². The summed E-state index contributed by atoms with van der Waals surface area (Å²) in [6.45, 7) is 5.97. The number of fused-ring (bicyclic) bond motifs is 1. The van der Waals surface area contributed by atoms with E-state index >= 15 is 0 Å². The number of likely N-dealkylation sites (tertiary alicyclic amines) is 1. The molecule has 2 fully saturated rings. The molecule has 8 heteroatoms. The quantitative estimate of drug-likeness (QED) is 0.740. The summed E-state index contributed by atoms with van der Waals surface area (Å²) in [7, 11) is 0. The van der Waals surface area contributed by atoms with Crippen molar-refractivity contribution in [1.29, 1.82) is 0 Å². The van der Waals surface area contributed by atoms with E-state index in [0.717, 1.165) is 9.99 Å². The molecule has 3 atom stereocenters. The number of piperidine rings is 1. The van der Waals surface area contributed by atoms with Gasteiger partial charge in [0.25, 0.3) is 0 Å². The molecule has 1 N–H and O–H groups in total. The number of carboxylic acid groups (broad SMARTS) is 1. The fourth-order valence-corrected chi connectivity index (χ4v) is 3.84. The lowest BCUT2D eigenvalue weighted by atomic mass is 10.00. The molecule has 2 heterocycles. The van der Waals surface area contributed by atoms with E-state index in [0.29, 0.717) is 13.0 Å². The molecule has 1 saturated heterocycles. The summed E-state index contributed by atoms with van der Waals surface area (Å²) in [6.07, 6.45) is 4.40. The van der Waals surface area contributed by atoms with Crippen LogP contribution in [0, 0.1) is 8.99 Å². The third-order valence-corrected chi connectivity index (χ3v) is 4.94. The van der Waals surface area contributed by atoms with Crippen LogP contribution in [0.1, 0.15) is 33.6 Å². The maximum absolute atomic E-state index is 12.4. The first-order valence-electron chi connectivity index (χ1n) is 7.53. The Morgan fingerprint density at radius 3 is 2.70 bits per heavy atom. The van der Waals surface area contributed by atoms with E-state index in [4.69, 9.17) is 4.74 Å². The molecule has 0 bridgehead atoms. The lowest BCUT2D eigenvalue weighted by Gasteiger charge is -2.28. The number of aromatic nitrogens is 2. The van der Waals surface area contributed by atoms with Crippen molar-refractivity contribution in [2.75, 3.05) is 0 Å². The molecule has 1 saturated carbocycles. The van der Waals surface area contributed by atoms with Crippen LogP contribution in [0.2, 0.25) is 0 Å². The summed E-state index contributed by atoms with van der Waals surface area (Å²) in [5, 5.41) is 13.8. The molecule has 7 nitrogen and oxygen atoms in total. The van der Waals surface area contributed by atoms with Crippen molar-refractivity contribution >= 4 is 34.7 Å². The van der Waals surface area contributed by atoms with Crippen molar-refractivity contribution in [2.45, 2.75) is 57.8 Å². The summed E-state index contributed by atoms with van der Waals surface area (Å²) in [5.74, 6) is -0.975. The fraction of sp³-hybridized carbons (Fsp3) is 0.667. The average Bonchev–Trinajstić information content (AvgIpc) is 2.74. The number of hydrogen-bond donors (Lipinski definition) is 1. The second kappa shape index (κ2) is 5.35. The van der Waals surface area contributed by atoms with Gasteiger partial charge in [-0.2, -0.15) is 5.10 Å². The zero-order chi connectivity index (χ0) is 17.0. The van der Waals surface area contributed by atoms with Crippen LogP contribution in [-0.4, -0.2) is 49.5 Å². The lowest BCUT2D eigenvalue weighted by Crippen LogP contribution is -2.45. The summed E-state index contributed by atoms with van der Waals surface area (Å²) < 4.78 is 8.27. The Bertz CT molecular complexity index is 653. The molecule has 1 aromatic rings. The van der Waals surface area contributed by atoms with Gasteiger partial charge in [-0.25, -0.2) is 9.59 Å². The van der Waals surface area contributed by atoms with Crippen LogP contribution in [0.15, 0.2) is 12.4 Å². The van der Waals surface area contributed by atoms with E-state index in [2.05, 4.69) is 27.7 Å². The molecule has 1 aliphatic heterocycles. The average molecular weight is 433 g/mol. The molecule has 3 rings (SSSR count). The molecule has 126 valence electrons. The van der Waals surface area contributed by atoms with Crippen LogP contribution in [0.4, 0.5) is 4.79 Å². The first kappa shape index (κ1) is 16.5. The number of carbonyl (C=O) groups is 2. The summed E-state index contributed by atoms with van der Waals surface area (Å²) in [4.78, 5) is 25.4. The normalized spacial score (nSPS) is 29.3. The highest BCUT2D eigenvalue weighted by molar-refractivity contribution is 14.1. The largest absolute Gasteiger partial charge is 0.480 e. The number of halogens is 1. The van der Waals surface area contributed by atoms with Crippen LogP contribution >= 0.6 is 22.6 Å². The second-order valence-corrected chi connectivity index (χ2v) is 8.63. The van der Waals surface area contributed by atoms with Crippen molar-refractivity contribution in [3.05, 3.63) is 16.0 Å². The number of amides is 1. The highest BCUT2D eigenvalue weighted by Gasteiger charge is 2.68. The third-order valence-electron chi connectivity index (χ3n) is 4.39. The zero-order valence-corrected chi connectivity index (χ0v) is 15.5. The van der Waals surface area contributed by atoms with Crippen LogP contribution in [0.25, 0.3) is 0 Å². The maximum atomic E-state index is 12.4. The minimum atomic E-state index is -0.975. The van der Waals surface area contributed by atoms with Gasteiger partial charge in [0.2, 0.25) is 0 Å². The summed E-state index contributed by atoms with van der Waals surface area (Å²) >= 11 is 2.19. The number of ether oxygens (including phenoxy) is 1. The Kier molecular flexibility index (Phi) is 3.85. The molecule has 0 spiro atoms. The van der Waals surface area contributed by atoms with Crippen molar-refractivity contribution in [1.82, 2.24) is 14.7 Å². The number of rotatable bonds is 3. The number of carboxylic acids is 1. The van der Waals surface area contributed by atoms with Gasteiger partial charge in [0.15, 0.2) is 0 Å². The van der Waals surface area contributed by atoms with Gasteiger partial charge in [-0.15, -0.1) is 0 Å². The summed E-state index contributed by atoms with van der Waals surface area (Å²) in [6, 6.07) is -0.904. The Balaban J connectivity index is 1.78. The first-order valence-corrected chi connectivity index (χ1v) is 8.61. The monoisotopic (exact) mass is 433 g/mol. The van der Waals surface area contributed by atoms with E-state index in [1.807, 2.05) is 10.9 Å². The molecular weight excluding hydrogens is 413 g/mol. The van der Waals surface area contributed by atoms with Crippen molar-refractivity contribution in [3.8, 4) is 0 Å². The van der Waals surface area contributed by atoms with E-state index in [9.17, 15) is 14.7 Å². The Labute approximate surface area is 148 Å². The zero-order valence-electron chi connectivity index (χ0n) is 13.3. The van der Waals surface area contributed by atoms with Gasteiger partial charge in [-0.05, 0) is 56.2 Å². The standard InChI is InChI=1S/C15H20IN3O4/c1-14(2,3)23-13(22)19-10(12(20)21)4-15(5-11(15)19)8-18-7-9(16)6-17-18/h6-7,10-11H,4-5,8H2,1-3H3,(H,20,21)/t10-,11+,15-/m0/s1.